The molecular formula is C23H20Cl2N4O2S. The Kier molecular flexibility index (Phi) is 6.79. The fourth-order valence-electron chi connectivity index (χ4n) is 3.03. The summed E-state index contributed by atoms with van der Waals surface area (Å²) in [7, 11) is 0. The molecule has 0 aliphatic carbocycles. The summed E-state index contributed by atoms with van der Waals surface area (Å²) in [5.41, 5.74) is 3.88. The van der Waals surface area contributed by atoms with Gasteiger partial charge in [-0.05, 0) is 54.6 Å². The Morgan fingerprint density at radius 2 is 1.94 bits per heavy atom. The summed E-state index contributed by atoms with van der Waals surface area (Å²) in [6, 6.07) is 13.2. The minimum absolute atomic E-state index is 0.208. The molecule has 1 amide bonds. The van der Waals surface area contributed by atoms with E-state index in [1.165, 1.54) is 17.7 Å². The number of ether oxygens (including phenoxy) is 1. The first kappa shape index (κ1) is 22.3. The fraction of sp³-hybridized carbons (Fsp3) is 0.174. The van der Waals surface area contributed by atoms with Gasteiger partial charge in [-0.2, -0.15) is 0 Å². The van der Waals surface area contributed by atoms with E-state index in [0.29, 0.717) is 28.1 Å². The Balaban J connectivity index is 1.37. The van der Waals surface area contributed by atoms with Crippen LogP contribution in [0, 0.1) is 13.8 Å². The molecule has 0 fully saturated rings. The lowest BCUT2D eigenvalue weighted by atomic mass is 10.1. The predicted molar refractivity (Wildman–Crippen MR) is 128 cm³/mol. The molecule has 2 heterocycles. The minimum atomic E-state index is -0.276. The third-order valence-electron chi connectivity index (χ3n) is 4.76. The first-order chi connectivity index (χ1) is 15.4. The van der Waals surface area contributed by atoms with Crippen LogP contribution < -0.4 is 10.1 Å². The largest absolute Gasteiger partial charge is 0.489 e. The van der Waals surface area contributed by atoms with E-state index in [9.17, 15) is 4.79 Å². The Hall–Kier alpha value is -2.87. The van der Waals surface area contributed by atoms with Gasteiger partial charge < -0.3 is 4.74 Å². The maximum atomic E-state index is 12.6. The molecule has 2 aromatic heterocycles. The average molecular weight is 487 g/mol. The topological polar surface area (TPSA) is 69.0 Å². The molecule has 9 heteroatoms. The number of nitrogens with one attached hydrogen (secondary N) is 1. The van der Waals surface area contributed by atoms with Crippen molar-refractivity contribution in [3.8, 4) is 5.75 Å². The molecule has 0 bridgehead atoms. The van der Waals surface area contributed by atoms with Crippen LogP contribution in [0.2, 0.25) is 10.0 Å². The smallest absolute Gasteiger partial charge is 0.268 e. The lowest BCUT2D eigenvalue weighted by molar-refractivity contribution is 0.102. The summed E-state index contributed by atoms with van der Waals surface area (Å²) in [6.07, 6.45) is 1.52. The number of hydrogen-bond acceptors (Lipinski definition) is 5. The molecule has 2 aromatic carbocycles. The van der Waals surface area contributed by atoms with Gasteiger partial charge in [0.25, 0.3) is 5.91 Å². The number of amides is 1. The number of rotatable bonds is 7. The summed E-state index contributed by atoms with van der Waals surface area (Å²) in [6.45, 7) is 4.77. The van der Waals surface area contributed by atoms with Crippen molar-refractivity contribution >= 4 is 46.4 Å². The quantitative estimate of drug-likeness (QED) is 0.340. The van der Waals surface area contributed by atoms with Gasteiger partial charge in [-0.25, -0.2) is 9.67 Å². The van der Waals surface area contributed by atoms with Crippen LogP contribution in [0.1, 0.15) is 31.9 Å². The van der Waals surface area contributed by atoms with E-state index in [1.54, 1.807) is 22.9 Å². The molecule has 32 heavy (non-hydrogen) atoms. The van der Waals surface area contributed by atoms with Gasteiger partial charge in [0.15, 0.2) is 0 Å². The van der Waals surface area contributed by atoms with Crippen LogP contribution in [0.15, 0.2) is 54.2 Å². The second-order valence-electron chi connectivity index (χ2n) is 7.30. The zero-order valence-corrected chi connectivity index (χ0v) is 19.8. The molecule has 1 N–H and O–H groups in total. The molecule has 0 saturated carbocycles. The number of nitrogens with zero attached hydrogens (tertiary/aromatic N) is 3. The van der Waals surface area contributed by atoms with Gasteiger partial charge in [-0.1, -0.05) is 41.4 Å². The number of carbonyl (C=O) groups is 1. The highest BCUT2D eigenvalue weighted by atomic mass is 35.5. The molecule has 0 spiro atoms. The van der Waals surface area contributed by atoms with E-state index in [-0.39, 0.29) is 11.9 Å². The number of thiophene rings is 1. The number of aromatic nitrogens is 3. The highest BCUT2D eigenvalue weighted by molar-refractivity contribution is 7.12. The Morgan fingerprint density at radius 3 is 2.72 bits per heavy atom. The Labute approximate surface area is 199 Å². The monoisotopic (exact) mass is 486 g/mol. The standard InChI is InChI=1S/C23H20Cl2N4O2S/c1-14-6-7-15(2)20(8-14)31-11-16-9-21(32-12-16)22(30)27-23-26-13-29(28-23)10-17-18(24)4-3-5-19(17)25/h3-9,12-13H,10-11H2,1-2H3,(H,27,28,30). The summed E-state index contributed by atoms with van der Waals surface area (Å²) in [5.74, 6) is 0.775. The number of aryl methyl sites for hydroxylation is 2. The summed E-state index contributed by atoms with van der Waals surface area (Å²) in [4.78, 5) is 17.3. The van der Waals surface area contributed by atoms with Crippen LogP contribution in [0.25, 0.3) is 0 Å². The predicted octanol–water partition coefficient (Wildman–Crippen LogP) is 6.14. The second-order valence-corrected chi connectivity index (χ2v) is 9.02. The molecular weight excluding hydrogens is 467 g/mol. The van der Waals surface area contributed by atoms with Crippen molar-refractivity contribution in [1.82, 2.24) is 14.8 Å². The molecule has 164 valence electrons. The SMILES string of the molecule is Cc1ccc(C)c(OCc2csc(C(=O)Nc3ncn(Cc4c(Cl)cccc4Cl)n3)c2)c1. The number of anilines is 1. The van der Waals surface area contributed by atoms with Crippen molar-refractivity contribution in [1.29, 1.82) is 0 Å². The van der Waals surface area contributed by atoms with Crippen LogP contribution in [-0.4, -0.2) is 20.7 Å². The number of hydrogen-bond donors (Lipinski definition) is 1. The van der Waals surface area contributed by atoms with Gasteiger partial charge >= 0.3 is 0 Å². The van der Waals surface area contributed by atoms with E-state index in [1.807, 2.05) is 43.5 Å². The lowest BCUT2D eigenvalue weighted by Crippen LogP contribution is -2.12. The first-order valence-electron chi connectivity index (χ1n) is 9.80. The number of benzene rings is 2. The van der Waals surface area contributed by atoms with Crippen molar-refractivity contribution < 1.29 is 9.53 Å². The second kappa shape index (κ2) is 9.73. The van der Waals surface area contributed by atoms with Gasteiger partial charge in [0.1, 0.15) is 18.7 Å². The zero-order valence-electron chi connectivity index (χ0n) is 17.4. The van der Waals surface area contributed by atoms with E-state index in [0.717, 1.165) is 28.0 Å². The van der Waals surface area contributed by atoms with Gasteiger partial charge in [-0.3, -0.25) is 10.1 Å². The molecule has 0 saturated heterocycles. The van der Waals surface area contributed by atoms with Gasteiger partial charge in [0.2, 0.25) is 5.95 Å². The van der Waals surface area contributed by atoms with E-state index in [2.05, 4.69) is 15.4 Å². The molecule has 6 nitrogen and oxygen atoms in total. The molecule has 4 rings (SSSR count). The van der Waals surface area contributed by atoms with Crippen LogP contribution in [0.4, 0.5) is 5.95 Å². The van der Waals surface area contributed by atoms with Crippen LogP contribution >= 0.6 is 34.5 Å². The zero-order chi connectivity index (χ0) is 22.7. The van der Waals surface area contributed by atoms with Crippen LogP contribution in [-0.2, 0) is 13.2 Å². The number of halogens is 2. The summed E-state index contributed by atoms with van der Waals surface area (Å²) >= 11 is 13.8. The third-order valence-corrected chi connectivity index (χ3v) is 6.45. The minimum Gasteiger partial charge on any atom is -0.489 e. The number of carbonyl (C=O) groups excluding carboxylic acids is 1. The maximum absolute atomic E-state index is 12.6. The summed E-state index contributed by atoms with van der Waals surface area (Å²) in [5, 5.41) is 10.0. The molecule has 0 unspecified atom stereocenters. The van der Waals surface area contributed by atoms with Gasteiger partial charge in [-0.15, -0.1) is 16.4 Å². The average Bonchev–Trinajstić information content (AvgIpc) is 3.41. The maximum Gasteiger partial charge on any atom is 0.268 e. The van der Waals surface area contributed by atoms with Crippen molar-refractivity contribution in [2.75, 3.05) is 5.32 Å². The van der Waals surface area contributed by atoms with Crippen molar-refractivity contribution in [2.45, 2.75) is 27.0 Å². The Morgan fingerprint density at radius 1 is 1.16 bits per heavy atom. The van der Waals surface area contributed by atoms with Crippen LogP contribution in [0.3, 0.4) is 0 Å². The van der Waals surface area contributed by atoms with E-state index >= 15 is 0 Å². The molecule has 0 aliphatic rings. The van der Waals surface area contributed by atoms with E-state index < -0.39 is 0 Å². The molecule has 0 radical (unpaired) electrons. The van der Waals surface area contributed by atoms with Crippen molar-refractivity contribution in [3.63, 3.8) is 0 Å². The fourth-order valence-corrected chi connectivity index (χ4v) is 4.34. The van der Waals surface area contributed by atoms with Crippen molar-refractivity contribution in [2.24, 2.45) is 0 Å². The molecule has 0 atom stereocenters. The molecule has 0 aliphatic heterocycles. The highest BCUT2D eigenvalue weighted by Crippen LogP contribution is 2.25. The lowest BCUT2D eigenvalue weighted by Gasteiger charge is -2.08. The normalized spacial score (nSPS) is 10.9. The summed E-state index contributed by atoms with van der Waals surface area (Å²) < 4.78 is 7.49. The van der Waals surface area contributed by atoms with E-state index in [4.69, 9.17) is 27.9 Å². The van der Waals surface area contributed by atoms with Gasteiger partial charge in [0, 0.05) is 21.2 Å². The molecule has 4 aromatic rings. The highest BCUT2D eigenvalue weighted by Gasteiger charge is 2.14. The first-order valence-corrected chi connectivity index (χ1v) is 11.4. The van der Waals surface area contributed by atoms with Gasteiger partial charge in [0.05, 0.1) is 11.4 Å². The van der Waals surface area contributed by atoms with Crippen LogP contribution in [0.5, 0.6) is 5.75 Å². The van der Waals surface area contributed by atoms with Crippen molar-refractivity contribution in [3.05, 3.63) is 91.3 Å². The Bertz CT molecular complexity index is 1250. The third kappa shape index (κ3) is 5.30.